The van der Waals surface area contributed by atoms with Crippen molar-refractivity contribution in [3.8, 4) is 0 Å². The molecule has 0 radical (unpaired) electrons. The second kappa shape index (κ2) is 5.46. The highest BCUT2D eigenvalue weighted by atomic mass is 35.5. The average Bonchev–Trinajstić information content (AvgIpc) is 3.06. The van der Waals surface area contributed by atoms with Crippen LogP contribution in [-0.2, 0) is 25.9 Å². The monoisotopic (exact) mass is 322 g/mol. The van der Waals surface area contributed by atoms with Crippen molar-refractivity contribution in [1.82, 2.24) is 19.3 Å². The molecule has 0 spiro atoms. The predicted molar refractivity (Wildman–Crippen MR) is 88.3 cm³/mol. The van der Waals surface area contributed by atoms with Crippen molar-refractivity contribution in [2.45, 2.75) is 39.6 Å². The number of fused-ring (bicyclic) bond motifs is 1. The standard InChI is InChI=1S/C15H19ClN4S/c1-5-12-14-15(19(4)18-12)20(13(7-16)17-14)8-11-6-9(2)10(3)21-11/h6H,5,7-8H2,1-4H3. The Bertz CT molecular complexity index is 777. The summed E-state index contributed by atoms with van der Waals surface area (Å²) in [6.45, 7) is 7.23. The fourth-order valence-electron chi connectivity index (χ4n) is 2.68. The summed E-state index contributed by atoms with van der Waals surface area (Å²) >= 11 is 7.94. The first-order valence-electron chi connectivity index (χ1n) is 7.08. The molecule has 0 amide bonds. The molecule has 0 aliphatic rings. The first kappa shape index (κ1) is 14.6. The SMILES string of the molecule is CCc1nn(C)c2c1nc(CCl)n2Cc1cc(C)c(C)s1. The van der Waals surface area contributed by atoms with Crippen LogP contribution in [0.4, 0.5) is 0 Å². The number of hydrogen-bond acceptors (Lipinski definition) is 3. The predicted octanol–water partition coefficient (Wildman–Crippen LogP) is 3.80. The Morgan fingerprint density at radius 2 is 2.10 bits per heavy atom. The molecule has 3 heterocycles. The van der Waals surface area contributed by atoms with E-state index in [1.165, 1.54) is 15.3 Å². The van der Waals surface area contributed by atoms with Crippen LogP contribution in [0.1, 0.15) is 33.8 Å². The van der Waals surface area contributed by atoms with Gasteiger partial charge in [-0.1, -0.05) is 6.92 Å². The van der Waals surface area contributed by atoms with Gasteiger partial charge in [-0.05, 0) is 31.9 Å². The Balaban J connectivity index is 2.13. The van der Waals surface area contributed by atoms with E-state index in [4.69, 9.17) is 16.6 Å². The number of halogens is 1. The van der Waals surface area contributed by atoms with Gasteiger partial charge in [0.15, 0.2) is 5.65 Å². The second-order valence-electron chi connectivity index (χ2n) is 5.30. The summed E-state index contributed by atoms with van der Waals surface area (Å²) in [6.07, 6.45) is 0.882. The molecule has 0 aliphatic carbocycles. The first-order valence-corrected chi connectivity index (χ1v) is 8.43. The van der Waals surface area contributed by atoms with Crippen molar-refractivity contribution in [2.24, 2.45) is 7.05 Å². The van der Waals surface area contributed by atoms with Gasteiger partial charge in [-0.25, -0.2) is 4.98 Å². The summed E-state index contributed by atoms with van der Waals surface area (Å²) in [5.41, 5.74) is 4.43. The normalized spacial score (nSPS) is 11.7. The van der Waals surface area contributed by atoms with Gasteiger partial charge in [-0.2, -0.15) is 5.10 Å². The third-order valence-electron chi connectivity index (χ3n) is 3.86. The third-order valence-corrected chi connectivity index (χ3v) is 5.23. The topological polar surface area (TPSA) is 35.6 Å². The van der Waals surface area contributed by atoms with E-state index in [1.807, 2.05) is 23.1 Å². The highest BCUT2D eigenvalue weighted by Crippen LogP contribution is 2.26. The lowest BCUT2D eigenvalue weighted by Gasteiger charge is -2.06. The van der Waals surface area contributed by atoms with Crippen molar-refractivity contribution >= 4 is 34.1 Å². The smallest absolute Gasteiger partial charge is 0.159 e. The fraction of sp³-hybridized carbons (Fsp3) is 0.467. The average molecular weight is 323 g/mol. The molecule has 0 unspecified atom stereocenters. The third kappa shape index (κ3) is 2.38. The van der Waals surface area contributed by atoms with Gasteiger partial charge in [0.25, 0.3) is 0 Å². The van der Waals surface area contributed by atoms with Crippen LogP contribution in [0.2, 0.25) is 0 Å². The van der Waals surface area contributed by atoms with Crippen molar-refractivity contribution in [3.05, 3.63) is 32.9 Å². The molecule has 0 fully saturated rings. The molecule has 0 aliphatic heterocycles. The summed E-state index contributed by atoms with van der Waals surface area (Å²) in [4.78, 5) is 7.40. The van der Waals surface area contributed by atoms with E-state index in [2.05, 4.69) is 36.5 Å². The Labute approximate surface area is 133 Å². The van der Waals surface area contributed by atoms with Crippen LogP contribution in [-0.4, -0.2) is 19.3 Å². The van der Waals surface area contributed by atoms with Crippen molar-refractivity contribution < 1.29 is 0 Å². The van der Waals surface area contributed by atoms with Gasteiger partial charge in [-0.3, -0.25) is 4.68 Å². The quantitative estimate of drug-likeness (QED) is 0.685. The maximum Gasteiger partial charge on any atom is 0.159 e. The van der Waals surface area contributed by atoms with Crippen molar-refractivity contribution in [2.75, 3.05) is 0 Å². The molecule has 0 aromatic carbocycles. The first-order chi connectivity index (χ1) is 10.0. The number of nitrogens with zero attached hydrogens (tertiary/aromatic N) is 4. The summed E-state index contributed by atoms with van der Waals surface area (Å²) < 4.78 is 4.11. The minimum Gasteiger partial charge on any atom is -0.307 e. The van der Waals surface area contributed by atoms with Crippen LogP contribution in [0.5, 0.6) is 0 Å². The Hall–Kier alpha value is -1.33. The molecule has 0 N–H and O–H groups in total. The Morgan fingerprint density at radius 1 is 1.33 bits per heavy atom. The molecule has 0 saturated carbocycles. The summed E-state index contributed by atoms with van der Waals surface area (Å²) in [7, 11) is 1.97. The molecule has 21 heavy (non-hydrogen) atoms. The van der Waals surface area contributed by atoms with Crippen molar-refractivity contribution in [1.29, 1.82) is 0 Å². The van der Waals surface area contributed by atoms with Crippen LogP contribution in [0.3, 0.4) is 0 Å². The molecule has 0 saturated heterocycles. The molecule has 4 nitrogen and oxygen atoms in total. The van der Waals surface area contributed by atoms with E-state index in [0.717, 1.165) is 35.6 Å². The minimum absolute atomic E-state index is 0.418. The summed E-state index contributed by atoms with van der Waals surface area (Å²) in [5, 5.41) is 4.56. The minimum atomic E-state index is 0.418. The van der Waals surface area contributed by atoms with Gasteiger partial charge < -0.3 is 4.57 Å². The molecule has 6 heteroatoms. The van der Waals surface area contributed by atoms with Crippen LogP contribution in [0, 0.1) is 13.8 Å². The highest BCUT2D eigenvalue weighted by Gasteiger charge is 2.18. The molecule has 0 bridgehead atoms. The molecule has 3 aromatic heterocycles. The highest BCUT2D eigenvalue weighted by molar-refractivity contribution is 7.12. The van der Waals surface area contributed by atoms with Crippen molar-refractivity contribution in [3.63, 3.8) is 0 Å². The number of hydrogen-bond donors (Lipinski definition) is 0. The zero-order valence-corrected chi connectivity index (χ0v) is 14.3. The molecular formula is C15H19ClN4S. The van der Waals surface area contributed by atoms with Gasteiger partial charge in [0.05, 0.1) is 18.1 Å². The van der Waals surface area contributed by atoms with Gasteiger partial charge >= 0.3 is 0 Å². The Morgan fingerprint density at radius 3 is 2.67 bits per heavy atom. The van der Waals surface area contributed by atoms with E-state index >= 15 is 0 Å². The van der Waals surface area contributed by atoms with E-state index in [0.29, 0.717) is 5.88 Å². The van der Waals surface area contributed by atoms with Gasteiger partial charge in [0.2, 0.25) is 0 Å². The largest absolute Gasteiger partial charge is 0.307 e. The van der Waals surface area contributed by atoms with Crippen LogP contribution in [0.25, 0.3) is 11.2 Å². The zero-order valence-electron chi connectivity index (χ0n) is 12.8. The Kier molecular flexibility index (Phi) is 3.80. The number of aryl methyl sites for hydroxylation is 4. The van der Waals surface area contributed by atoms with Crippen LogP contribution >= 0.6 is 22.9 Å². The van der Waals surface area contributed by atoms with Crippen LogP contribution < -0.4 is 0 Å². The molecule has 0 atom stereocenters. The van der Waals surface area contributed by atoms with E-state index in [1.54, 1.807) is 0 Å². The van der Waals surface area contributed by atoms with Gasteiger partial charge in [0, 0.05) is 16.8 Å². The van der Waals surface area contributed by atoms with E-state index < -0.39 is 0 Å². The maximum absolute atomic E-state index is 6.10. The maximum atomic E-state index is 6.10. The van der Waals surface area contributed by atoms with Gasteiger partial charge in [-0.15, -0.1) is 22.9 Å². The number of imidazole rings is 1. The lowest BCUT2D eigenvalue weighted by molar-refractivity contribution is 0.701. The molecular weight excluding hydrogens is 304 g/mol. The lowest BCUT2D eigenvalue weighted by atomic mass is 10.3. The summed E-state index contributed by atoms with van der Waals surface area (Å²) in [5.74, 6) is 1.33. The zero-order chi connectivity index (χ0) is 15.1. The molecule has 3 aromatic rings. The number of thiophene rings is 1. The van der Waals surface area contributed by atoms with Crippen LogP contribution in [0.15, 0.2) is 6.07 Å². The van der Waals surface area contributed by atoms with E-state index in [9.17, 15) is 0 Å². The number of aromatic nitrogens is 4. The fourth-order valence-corrected chi connectivity index (χ4v) is 3.92. The molecule has 3 rings (SSSR count). The summed E-state index contributed by atoms with van der Waals surface area (Å²) in [6, 6.07) is 2.25. The second-order valence-corrected chi connectivity index (χ2v) is 6.90. The number of alkyl halides is 1. The van der Waals surface area contributed by atoms with Gasteiger partial charge in [0.1, 0.15) is 11.3 Å². The lowest BCUT2D eigenvalue weighted by Crippen LogP contribution is -2.06. The number of rotatable bonds is 4. The molecule has 112 valence electrons. The van der Waals surface area contributed by atoms with E-state index in [-0.39, 0.29) is 0 Å².